The maximum atomic E-state index is 13.6. The summed E-state index contributed by atoms with van der Waals surface area (Å²) in [7, 11) is 0. The lowest BCUT2D eigenvalue weighted by Crippen LogP contribution is -2.11. The van der Waals surface area contributed by atoms with Gasteiger partial charge in [-0.05, 0) is 25.5 Å². The van der Waals surface area contributed by atoms with Gasteiger partial charge in [-0.2, -0.15) is 0 Å². The van der Waals surface area contributed by atoms with Gasteiger partial charge in [-0.25, -0.2) is 9.37 Å². The summed E-state index contributed by atoms with van der Waals surface area (Å²) in [6, 6.07) is 6.05. The number of anilines is 1. The highest BCUT2D eigenvalue weighted by Gasteiger charge is 2.18. The number of carbonyl (C=O) groups is 2. The molecule has 128 valence electrons. The average molecular weight is 359 g/mol. The number of aromatic nitrogens is 2. The van der Waals surface area contributed by atoms with Crippen molar-refractivity contribution in [3.8, 4) is 11.3 Å². The minimum Gasteiger partial charge on any atom is -0.355 e. The van der Waals surface area contributed by atoms with Gasteiger partial charge in [0.05, 0.1) is 10.6 Å². The summed E-state index contributed by atoms with van der Waals surface area (Å²) in [6.07, 6.45) is 0. The van der Waals surface area contributed by atoms with E-state index in [1.165, 1.54) is 19.1 Å². The molecule has 0 aliphatic rings. The predicted molar refractivity (Wildman–Crippen MR) is 91.4 cm³/mol. The van der Waals surface area contributed by atoms with Crippen molar-refractivity contribution >= 4 is 28.2 Å². The van der Waals surface area contributed by atoms with Gasteiger partial charge in [-0.3, -0.25) is 14.9 Å². The molecule has 25 heavy (non-hydrogen) atoms. The quantitative estimate of drug-likeness (QED) is 0.712. The lowest BCUT2D eigenvalue weighted by molar-refractivity contribution is 0.101. The van der Waals surface area contributed by atoms with E-state index in [9.17, 15) is 14.0 Å². The number of hydrogen-bond acceptors (Lipinski definition) is 6. The number of thiazole rings is 1. The minimum atomic E-state index is -0.522. The molecule has 0 bridgehead atoms. The molecule has 0 saturated heterocycles. The number of hydrogen-bond donors (Lipinski definition) is 1. The largest absolute Gasteiger partial charge is 0.355 e. The van der Waals surface area contributed by atoms with Gasteiger partial charge < -0.3 is 4.52 Å². The first-order valence-electron chi connectivity index (χ1n) is 7.38. The van der Waals surface area contributed by atoms with Crippen LogP contribution in [-0.2, 0) is 0 Å². The molecule has 0 spiro atoms. The van der Waals surface area contributed by atoms with Crippen LogP contribution < -0.4 is 5.32 Å². The molecule has 1 aromatic carbocycles. The summed E-state index contributed by atoms with van der Waals surface area (Å²) in [5.74, 6) is -0.717. The Bertz CT molecular complexity index is 977. The van der Waals surface area contributed by atoms with Gasteiger partial charge in [0.2, 0.25) is 0 Å². The second kappa shape index (κ2) is 6.56. The SMILES string of the molecule is CC(=O)c1sc(NC(=O)c2cc(-c3ccc(C)c(F)c3)on2)nc1C. The Morgan fingerprint density at radius 3 is 2.64 bits per heavy atom. The first kappa shape index (κ1) is 17.0. The molecule has 8 heteroatoms. The van der Waals surface area contributed by atoms with Crippen LogP contribution in [-0.4, -0.2) is 21.8 Å². The van der Waals surface area contributed by atoms with Crippen molar-refractivity contribution in [3.05, 3.63) is 51.9 Å². The molecule has 3 rings (SSSR count). The lowest BCUT2D eigenvalue weighted by Gasteiger charge is -1.98. The first-order chi connectivity index (χ1) is 11.8. The fraction of sp³-hybridized carbons (Fsp3) is 0.176. The number of benzene rings is 1. The Labute approximate surface area is 146 Å². The van der Waals surface area contributed by atoms with Gasteiger partial charge >= 0.3 is 0 Å². The van der Waals surface area contributed by atoms with Crippen LogP contribution in [0.25, 0.3) is 11.3 Å². The van der Waals surface area contributed by atoms with Crippen molar-refractivity contribution in [2.24, 2.45) is 0 Å². The van der Waals surface area contributed by atoms with Crippen molar-refractivity contribution in [1.29, 1.82) is 0 Å². The van der Waals surface area contributed by atoms with Gasteiger partial charge in [-0.1, -0.05) is 28.6 Å². The fourth-order valence-electron chi connectivity index (χ4n) is 2.20. The van der Waals surface area contributed by atoms with Crippen LogP contribution in [0, 0.1) is 19.7 Å². The smallest absolute Gasteiger partial charge is 0.279 e. The van der Waals surface area contributed by atoms with Crippen molar-refractivity contribution in [2.75, 3.05) is 5.32 Å². The number of nitrogens with zero attached hydrogens (tertiary/aromatic N) is 2. The van der Waals surface area contributed by atoms with E-state index in [1.807, 2.05) is 0 Å². The fourth-order valence-corrected chi connectivity index (χ4v) is 3.06. The molecule has 0 radical (unpaired) electrons. The number of nitrogens with one attached hydrogen (secondary N) is 1. The molecule has 1 amide bonds. The summed E-state index contributed by atoms with van der Waals surface area (Å²) in [5.41, 5.74) is 1.59. The molecule has 2 heterocycles. The molecule has 2 aromatic heterocycles. The average Bonchev–Trinajstić information content (AvgIpc) is 3.17. The van der Waals surface area contributed by atoms with Crippen LogP contribution in [0.3, 0.4) is 0 Å². The van der Waals surface area contributed by atoms with Crippen LogP contribution in [0.15, 0.2) is 28.8 Å². The Morgan fingerprint density at radius 1 is 1.24 bits per heavy atom. The Kier molecular flexibility index (Phi) is 4.45. The molecular weight excluding hydrogens is 345 g/mol. The number of rotatable bonds is 4. The van der Waals surface area contributed by atoms with E-state index in [0.29, 0.717) is 26.8 Å². The lowest BCUT2D eigenvalue weighted by atomic mass is 10.1. The van der Waals surface area contributed by atoms with Crippen molar-refractivity contribution in [2.45, 2.75) is 20.8 Å². The number of Topliss-reactive ketones (excluding diaryl/α,β-unsaturated/α-hetero) is 1. The van der Waals surface area contributed by atoms with Gasteiger partial charge in [0.1, 0.15) is 5.82 Å². The Hall–Kier alpha value is -2.87. The number of amides is 1. The zero-order valence-corrected chi connectivity index (χ0v) is 14.5. The molecule has 6 nitrogen and oxygen atoms in total. The number of aryl methyl sites for hydroxylation is 2. The maximum Gasteiger partial charge on any atom is 0.279 e. The van der Waals surface area contributed by atoms with Gasteiger partial charge in [-0.15, -0.1) is 0 Å². The van der Waals surface area contributed by atoms with Crippen molar-refractivity contribution in [3.63, 3.8) is 0 Å². The van der Waals surface area contributed by atoms with E-state index in [2.05, 4.69) is 15.5 Å². The van der Waals surface area contributed by atoms with Crippen LogP contribution in [0.2, 0.25) is 0 Å². The summed E-state index contributed by atoms with van der Waals surface area (Å²) >= 11 is 1.10. The molecule has 0 saturated carbocycles. The predicted octanol–water partition coefficient (Wildman–Crippen LogP) is 4.01. The normalized spacial score (nSPS) is 10.7. The highest BCUT2D eigenvalue weighted by molar-refractivity contribution is 7.17. The molecule has 0 aliphatic carbocycles. The zero-order chi connectivity index (χ0) is 18.1. The number of ketones is 1. The van der Waals surface area contributed by atoms with Gasteiger partial charge in [0.15, 0.2) is 22.4 Å². The van der Waals surface area contributed by atoms with E-state index < -0.39 is 5.91 Å². The highest BCUT2D eigenvalue weighted by Crippen LogP contribution is 2.25. The van der Waals surface area contributed by atoms with Crippen molar-refractivity contribution < 1.29 is 18.5 Å². The van der Waals surface area contributed by atoms with Crippen LogP contribution in [0.5, 0.6) is 0 Å². The van der Waals surface area contributed by atoms with E-state index >= 15 is 0 Å². The molecule has 1 N–H and O–H groups in total. The molecular formula is C17H14FN3O3S. The molecule has 0 fully saturated rings. The Balaban J connectivity index is 1.79. The maximum absolute atomic E-state index is 13.6. The molecule has 0 aliphatic heterocycles. The summed E-state index contributed by atoms with van der Waals surface area (Å²) < 4.78 is 18.8. The van der Waals surface area contributed by atoms with Crippen LogP contribution >= 0.6 is 11.3 Å². The molecule has 0 unspecified atom stereocenters. The summed E-state index contributed by atoms with van der Waals surface area (Å²) in [4.78, 5) is 28.3. The topological polar surface area (TPSA) is 85.1 Å². The second-order valence-electron chi connectivity index (χ2n) is 5.48. The third kappa shape index (κ3) is 3.48. The third-order valence-corrected chi connectivity index (χ3v) is 4.71. The van der Waals surface area contributed by atoms with E-state index in [1.54, 1.807) is 26.0 Å². The van der Waals surface area contributed by atoms with Gasteiger partial charge in [0.25, 0.3) is 5.91 Å². The zero-order valence-electron chi connectivity index (χ0n) is 13.7. The highest BCUT2D eigenvalue weighted by atomic mass is 32.1. The van der Waals surface area contributed by atoms with Gasteiger partial charge in [0, 0.05) is 18.6 Å². The summed E-state index contributed by atoms with van der Waals surface area (Å²) in [5, 5.41) is 6.59. The number of carbonyl (C=O) groups excluding carboxylic acids is 2. The Morgan fingerprint density at radius 2 is 2.00 bits per heavy atom. The van der Waals surface area contributed by atoms with Crippen molar-refractivity contribution in [1.82, 2.24) is 10.1 Å². The standard InChI is InChI=1S/C17H14FN3O3S/c1-8-4-5-11(6-12(8)18)14-7-13(21-24-14)16(23)20-17-19-9(2)15(25-17)10(3)22/h4-7H,1-3H3,(H,19,20,23). The van der Waals surface area contributed by atoms with E-state index in [-0.39, 0.29) is 23.1 Å². The minimum absolute atomic E-state index is 0.0354. The monoisotopic (exact) mass is 359 g/mol. The third-order valence-electron chi connectivity index (χ3n) is 3.54. The van der Waals surface area contributed by atoms with E-state index in [0.717, 1.165) is 11.3 Å². The van der Waals surface area contributed by atoms with Crippen LogP contribution in [0.4, 0.5) is 9.52 Å². The first-order valence-corrected chi connectivity index (χ1v) is 8.19. The summed E-state index contributed by atoms with van der Waals surface area (Å²) in [6.45, 7) is 4.80. The molecule has 0 atom stereocenters. The van der Waals surface area contributed by atoms with E-state index in [4.69, 9.17) is 4.52 Å². The second-order valence-corrected chi connectivity index (χ2v) is 6.48. The number of halogens is 1. The van der Waals surface area contributed by atoms with Crippen LogP contribution in [0.1, 0.15) is 38.3 Å². The molecule has 3 aromatic rings.